The van der Waals surface area contributed by atoms with Gasteiger partial charge in [0.2, 0.25) is 0 Å². The van der Waals surface area contributed by atoms with Crippen molar-refractivity contribution in [2.75, 3.05) is 0 Å². The van der Waals surface area contributed by atoms with E-state index in [1.807, 2.05) is 0 Å². The van der Waals surface area contributed by atoms with Crippen LogP contribution in [0.25, 0.3) is 32.7 Å². The maximum Gasteiger partial charge on any atom is -0.00731 e. The van der Waals surface area contributed by atoms with Crippen LogP contribution in [0.3, 0.4) is 0 Å². The molecule has 0 saturated heterocycles. The molecule has 4 rings (SSSR count). The Morgan fingerprint density at radius 2 is 1.56 bits per heavy atom. The number of benzene rings is 4. The van der Waals surface area contributed by atoms with Gasteiger partial charge in [-0.2, -0.15) is 0 Å². The Kier molecular flexibility index (Phi) is 4.32. The topological polar surface area (TPSA) is 0 Å². The van der Waals surface area contributed by atoms with E-state index in [0.29, 0.717) is 0 Å². The van der Waals surface area contributed by atoms with Crippen LogP contribution >= 0.6 is 9.24 Å². The molecule has 0 aliphatic carbocycles. The molecule has 0 spiro atoms. The molecule has 1 unspecified atom stereocenters. The second-order valence-electron chi connectivity index (χ2n) is 6.81. The molecule has 0 heterocycles. The molecule has 0 saturated carbocycles. The van der Waals surface area contributed by atoms with Crippen LogP contribution in [-0.2, 0) is 6.42 Å². The summed E-state index contributed by atoms with van der Waals surface area (Å²) in [5.74, 6) is 0. The molecule has 124 valence electrons. The molecular weight excluding hydrogens is 319 g/mol. The Balaban J connectivity index is 2.08. The second kappa shape index (κ2) is 6.62. The van der Waals surface area contributed by atoms with Crippen LogP contribution in [-0.4, -0.2) is 0 Å². The summed E-state index contributed by atoms with van der Waals surface area (Å²) >= 11 is 0. The van der Waals surface area contributed by atoms with Gasteiger partial charge in [-0.3, -0.25) is 0 Å². The molecule has 1 atom stereocenters. The molecule has 0 bridgehead atoms. The summed E-state index contributed by atoms with van der Waals surface area (Å²) in [5, 5.41) is 6.56. The summed E-state index contributed by atoms with van der Waals surface area (Å²) in [6.07, 6.45) is 2.29. The van der Waals surface area contributed by atoms with Gasteiger partial charge in [-0.25, -0.2) is 0 Å². The lowest BCUT2D eigenvalue weighted by molar-refractivity contribution is 0.923. The van der Waals surface area contributed by atoms with Crippen molar-refractivity contribution in [3.63, 3.8) is 0 Å². The van der Waals surface area contributed by atoms with Gasteiger partial charge in [-0.1, -0.05) is 74.0 Å². The van der Waals surface area contributed by atoms with E-state index in [-0.39, 0.29) is 0 Å². The number of hydrogen-bond acceptors (Lipinski definition) is 0. The van der Waals surface area contributed by atoms with Gasteiger partial charge in [0, 0.05) is 0 Å². The number of hydrogen-bond donors (Lipinski definition) is 0. The standard InChI is InChI=1S/C24H23P/c1-3-6-17-7-4-5-8-21(17)24-16(2)9-12-22-20-14-11-19(25)15-18(20)10-13-23(22)24/h4-5,7-15H,3,6,25H2,1-2H3. The highest BCUT2D eigenvalue weighted by Crippen LogP contribution is 2.37. The van der Waals surface area contributed by atoms with E-state index >= 15 is 0 Å². The summed E-state index contributed by atoms with van der Waals surface area (Å²) in [7, 11) is 2.79. The van der Waals surface area contributed by atoms with Crippen molar-refractivity contribution in [2.24, 2.45) is 0 Å². The van der Waals surface area contributed by atoms with E-state index in [1.165, 1.54) is 55.5 Å². The van der Waals surface area contributed by atoms with E-state index in [1.54, 1.807) is 0 Å². The Bertz CT molecular complexity index is 1080. The van der Waals surface area contributed by atoms with Crippen LogP contribution < -0.4 is 5.30 Å². The normalized spacial score (nSPS) is 11.3. The molecule has 0 fully saturated rings. The molecule has 25 heavy (non-hydrogen) atoms. The molecule has 0 radical (unpaired) electrons. The van der Waals surface area contributed by atoms with Crippen molar-refractivity contribution >= 4 is 36.1 Å². The summed E-state index contributed by atoms with van der Waals surface area (Å²) in [6, 6.07) is 24.7. The fraction of sp³-hybridized carbons (Fsp3) is 0.167. The Morgan fingerprint density at radius 1 is 0.800 bits per heavy atom. The van der Waals surface area contributed by atoms with Crippen molar-refractivity contribution in [1.82, 2.24) is 0 Å². The first-order valence-electron chi connectivity index (χ1n) is 8.99. The quantitative estimate of drug-likeness (QED) is 0.298. The zero-order chi connectivity index (χ0) is 17.4. The van der Waals surface area contributed by atoms with Gasteiger partial charge in [0.15, 0.2) is 0 Å². The van der Waals surface area contributed by atoms with Gasteiger partial charge in [0.25, 0.3) is 0 Å². The Labute approximate surface area is 152 Å². The first-order valence-corrected chi connectivity index (χ1v) is 9.56. The largest absolute Gasteiger partial charge is 0.106 e. The minimum absolute atomic E-state index is 1.12. The third-order valence-electron chi connectivity index (χ3n) is 5.06. The maximum atomic E-state index is 2.79. The lowest BCUT2D eigenvalue weighted by atomic mass is 9.88. The molecule has 4 aromatic carbocycles. The lowest BCUT2D eigenvalue weighted by Crippen LogP contribution is -1.94. The average Bonchev–Trinajstić information content (AvgIpc) is 2.62. The molecule has 0 aliphatic rings. The molecule has 0 N–H and O–H groups in total. The summed E-state index contributed by atoms with van der Waals surface area (Å²) < 4.78 is 0. The first-order chi connectivity index (χ1) is 12.2. The van der Waals surface area contributed by atoms with Gasteiger partial charge in [-0.15, -0.1) is 9.24 Å². The van der Waals surface area contributed by atoms with Crippen molar-refractivity contribution < 1.29 is 0 Å². The van der Waals surface area contributed by atoms with Crippen LogP contribution in [0.4, 0.5) is 0 Å². The van der Waals surface area contributed by atoms with Crippen molar-refractivity contribution in [3.8, 4) is 11.1 Å². The summed E-state index contributed by atoms with van der Waals surface area (Å²) in [5.41, 5.74) is 5.56. The fourth-order valence-electron chi connectivity index (χ4n) is 3.88. The second-order valence-corrected chi connectivity index (χ2v) is 7.47. The van der Waals surface area contributed by atoms with Gasteiger partial charge in [0.05, 0.1) is 0 Å². The molecule has 0 aromatic heterocycles. The summed E-state index contributed by atoms with van der Waals surface area (Å²) in [6.45, 7) is 4.48. The van der Waals surface area contributed by atoms with Crippen LogP contribution in [0.15, 0.2) is 66.7 Å². The third kappa shape index (κ3) is 2.86. The van der Waals surface area contributed by atoms with Crippen LogP contribution in [0.1, 0.15) is 24.5 Å². The minimum Gasteiger partial charge on any atom is -0.106 e. The smallest absolute Gasteiger partial charge is 0.00731 e. The molecule has 0 aliphatic heterocycles. The fourth-order valence-corrected chi connectivity index (χ4v) is 4.16. The van der Waals surface area contributed by atoms with E-state index in [4.69, 9.17) is 0 Å². The molecule has 0 amide bonds. The zero-order valence-electron chi connectivity index (χ0n) is 14.8. The Hall–Kier alpha value is -2.17. The highest BCUT2D eigenvalue weighted by molar-refractivity contribution is 7.27. The predicted octanol–water partition coefficient (Wildman–Crippen LogP) is 6.42. The number of rotatable bonds is 3. The average molecular weight is 342 g/mol. The lowest BCUT2D eigenvalue weighted by Gasteiger charge is -2.16. The zero-order valence-corrected chi connectivity index (χ0v) is 16.0. The van der Waals surface area contributed by atoms with Gasteiger partial charge in [0.1, 0.15) is 0 Å². The van der Waals surface area contributed by atoms with Gasteiger partial charge >= 0.3 is 0 Å². The molecular formula is C24H23P. The summed E-state index contributed by atoms with van der Waals surface area (Å²) in [4.78, 5) is 0. The maximum absolute atomic E-state index is 2.79. The van der Waals surface area contributed by atoms with Crippen LogP contribution in [0, 0.1) is 6.92 Å². The van der Waals surface area contributed by atoms with Gasteiger partial charge < -0.3 is 0 Å². The van der Waals surface area contributed by atoms with E-state index in [0.717, 1.165) is 6.42 Å². The highest BCUT2D eigenvalue weighted by Gasteiger charge is 2.12. The number of fused-ring (bicyclic) bond motifs is 3. The number of aryl methyl sites for hydroxylation is 2. The predicted molar refractivity (Wildman–Crippen MR) is 115 cm³/mol. The van der Waals surface area contributed by atoms with Gasteiger partial charge in [-0.05, 0) is 68.5 Å². The SMILES string of the molecule is CCCc1ccccc1-c1c(C)ccc2c1ccc1cc(P)ccc12. The van der Waals surface area contributed by atoms with Crippen LogP contribution in [0.5, 0.6) is 0 Å². The molecule has 0 nitrogen and oxygen atoms in total. The molecule has 1 heteroatoms. The first kappa shape index (κ1) is 16.3. The third-order valence-corrected chi connectivity index (χ3v) is 5.41. The molecule has 4 aromatic rings. The minimum atomic E-state index is 1.12. The van der Waals surface area contributed by atoms with Crippen molar-refractivity contribution in [2.45, 2.75) is 26.7 Å². The van der Waals surface area contributed by atoms with Crippen LogP contribution in [0.2, 0.25) is 0 Å². The Morgan fingerprint density at radius 3 is 2.40 bits per heavy atom. The highest BCUT2D eigenvalue weighted by atomic mass is 31.0. The van der Waals surface area contributed by atoms with Crippen molar-refractivity contribution in [3.05, 3.63) is 77.9 Å². The van der Waals surface area contributed by atoms with E-state index in [2.05, 4.69) is 89.8 Å². The van der Waals surface area contributed by atoms with Crippen molar-refractivity contribution in [1.29, 1.82) is 0 Å². The van der Waals surface area contributed by atoms with E-state index in [9.17, 15) is 0 Å². The monoisotopic (exact) mass is 342 g/mol. The van der Waals surface area contributed by atoms with E-state index < -0.39 is 0 Å².